The van der Waals surface area contributed by atoms with E-state index in [1.54, 1.807) is 20.8 Å². The molecule has 0 atom stereocenters. The highest BCUT2D eigenvalue weighted by Crippen LogP contribution is 2.06. The zero-order chi connectivity index (χ0) is 13.5. The van der Waals surface area contributed by atoms with Crippen LogP contribution in [-0.4, -0.2) is 37.1 Å². The van der Waals surface area contributed by atoms with Crippen molar-refractivity contribution in [1.82, 2.24) is 10.6 Å². The van der Waals surface area contributed by atoms with Gasteiger partial charge >= 0.3 is 12.5 Å². The van der Waals surface area contributed by atoms with E-state index in [4.69, 9.17) is 4.74 Å². The molecule has 0 aromatic heterocycles. The first kappa shape index (κ1) is 15.6. The summed E-state index contributed by atoms with van der Waals surface area (Å²) in [5.41, 5.74) is -0.575. The second kappa shape index (κ2) is 7.03. The number of amides is 2. The Kier molecular flexibility index (Phi) is 6.45. The highest BCUT2D eigenvalue weighted by atomic mass is 19.3. The standard InChI is InChI=1S/C10H18F2N2O3/c1-10(2,3)17-9(16)14-6-4-5-13-8(15)7(11)12/h7H,4-6H2,1-3H3,(H,13,15)(H,14,16). The van der Waals surface area contributed by atoms with E-state index in [1.807, 2.05) is 5.32 Å². The number of hydrogen-bond donors (Lipinski definition) is 2. The number of ether oxygens (including phenoxy) is 1. The highest BCUT2D eigenvalue weighted by molar-refractivity contribution is 5.78. The molecule has 0 aromatic carbocycles. The lowest BCUT2D eigenvalue weighted by atomic mass is 10.2. The largest absolute Gasteiger partial charge is 0.444 e. The van der Waals surface area contributed by atoms with Crippen LogP contribution in [0.15, 0.2) is 0 Å². The summed E-state index contributed by atoms with van der Waals surface area (Å²) in [7, 11) is 0. The first-order valence-corrected chi connectivity index (χ1v) is 5.25. The number of rotatable bonds is 5. The molecule has 0 saturated carbocycles. The molecule has 0 aliphatic heterocycles. The van der Waals surface area contributed by atoms with E-state index in [0.717, 1.165) is 0 Å². The van der Waals surface area contributed by atoms with Crippen LogP contribution < -0.4 is 10.6 Å². The number of halogens is 2. The predicted octanol–water partition coefficient (Wildman–Crippen LogP) is 1.28. The van der Waals surface area contributed by atoms with E-state index in [2.05, 4.69) is 5.32 Å². The minimum atomic E-state index is -3.01. The SMILES string of the molecule is CC(C)(C)OC(=O)NCCCNC(=O)C(F)F. The molecule has 0 unspecified atom stereocenters. The quantitative estimate of drug-likeness (QED) is 0.724. The molecule has 0 spiro atoms. The summed E-state index contributed by atoms with van der Waals surface area (Å²) in [6.45, 7) is 5.53. The van der Waals surface area contributed by atoms with Crippen molar-refractivity contribution in [3.05, 3.63) is 0 Å². The van der Waals surface area contributed by atoms with Crippen molar-refractivity contribution in [3.8, 4) is 0 Å². The Hall–Kier alpha value is -1.40. The fourth-order valence-corrected chi connectivity index (χ4v) is 0.882. The summed E-state index contributed by atoms with van der Waals surface area (Å²) in [5.74, 6) is -1.30. The Morgan fingerprint density at radius 2 is 1.71 bits per heavy atom. The highest BCUT2D eigenvalue weighted by Gasteiger charge is 2.16. The van der Waals surface area contributed by atoms with Crippen molar-refractivity contribution in [3.63, 3.8) is 0 Å². The first-order chi connectivity index (χ1) is 7.72. The molecule has 100 valence electrons. The molecule has 0 aromatic rings. The van der Waals surface area contributed by atoms with E-state index in [-0.39, 0.29) is 13.1 Å². The van der Waals surface area contributed by atoms with Crippen LogP contribution in [0.2, 0.25) is 0 Å². The molecule has 7 heteroatoms. The number of carbonyl (C=O) groups is 2. The number of carbonyl (C=O) groups excluding carboxylic acids is 2. The van der Waals surface area contributed by atoms with Gasteiger partial charge in [-0.05, 0) is 27.2 Å². The van der Waals surface area contributed by atoms with E-state index < -0.39 is 24.0 Å². The lowest BCUT2D eigenvalue weighted by Gasteiger charge is -2.19. The Labute approximate surface area is 98.9 Å². The van der Waals surface area contributed by atoms with Crippen molar-refractivity contribution >= 4 is 12.0 Å². The topological polar surface area (TPSA) is 67.4 Å². The van der Waals surface area contributed by atoms with Crippen molar-refractivity contribution in [2.24, 2.45) is 0 Å². The molecule has 0 aliphatic carbocycles. The number of nitrogens with one attached hydrogen (secondary N) is 2. The fourth-order valence-electron chi connectivity index (χ4n) is 0.882. The molecule has 5 nitrogen and oxygen atoms in total. The van der Waals surface area contributed by atoms with Gasteiger partial charge in [0, 0.05) is 13.1 Å². The maximum atomic E-state index is 11.7. The molecule has 0 aliphatic rings. The third-order valence-electron chi connectivity index (χ3n) is 1.52. The molecule has 0 saturated heterocycles. The van der Waals surface area contributed by atoms with Gasteiger partial charge in [-0.1, -0.05) is 0 Å². The Morgan fingerprint density at radius 3 is 2.18 bits per heavy atom. The molecule has 0 radical (unpaired) electrons. The van der Waals surface area contributed by atoms with Gasteiger partial charge in [-0.15, -0.1) is 0 Å². The van der Waals surface area contributed by atoms with Crippen LogP contribution in [0, 0.1) is 0 Å². The molecule has 0 heterocycles. The minimum absolute atomic E-state index is 0.0823. The van der Waals surface area contributed by atoms with Gasteiger partial charge in [0.1, 0.15) is 5.60 Å². The zero-order valence-electron chi connectivity index (χ0n) is 10.2. The van der Waals surface area contributed by atoms with Crippen LogP contribution in [0.25, 0.3) is 0 Å². The van der Waals surface area contributed by atoms with Crippen LogP contribution in [0.3, 0.4) is 0 Å². The maximum Gasteiger partial charge on any atom is 0.407 e. The smallest absolute Gasteiger partial charge is 0.407 e. The van der Waals surface area contributed by atoms with Gasteiger partial charge < -0.3 is 15.4 Å². The third kappa shape index (κ3) is 9.52. The molecule has 2 amide bonds. The van der Waals surface area contributed by atoms with Crippen LogP contribution in [-0.2, 0) is 9.53 Å². The van der Waals surface area contributed by atoms with Gasteiger partial charge in [-0.25, -0.2) is 4.79 Å². The molecular formula is C10H18F2N2O3. The molecule has 0 bridgehead atoms. The van der Waals surface area contributed by atoms with E-state index in [1.165, 1.54) is 0 Å². The molecule has 17 heavy (non-hydrogen) atoms. The zero-order valence-corrected chi connectivity index (χ0v) is 10.2. The normalized spacial score (nSPS) is 11.2. The average molecular weight is 252 g/mol. The van der Waals surface area contributed by atoms with Gasteiger partial charge in [-0.2, -0.15) is 8.78 Å². The van der Waals surface area contributed by atoms with Crippen LogP contribution in [0.5, 0.6) is 0 Å². The summed E-state index contributed by atoms with van der Waals surface area (Å²) >= 11 is 0. The summed E-state index contributed by atoms with van der Waals surface area (Å²) in [5, 5.41) is 4.47. The molecule has 2 N–H and O–H groups in total. The van der Waals surface area contributed by atoms with Crippen LogP contribution in [0.1, 0.15) is 27.2 Å². The number of alkyl carbamates (subject to hydrolysis) is 1. The summed E-state index contributed by atoms with van der Waals surface area (Å²) in [6.07, 6.45) is -3.22. The van der Waals surface area contributed by atoms with Crippen molar-refractivity contribution in [1.29, 1.82) is 0 Å². The van der Waals surface area contributed by atoms with Gasteiger partial charge in [0.05, 0.1) is 0 Å². The lowest BCUT2D eigenvalue weighted by molar-refractivity contribution is -0.131. The third-order valence-corrected chi connectivity index (χ3v) is 1.52. The Balaban J connectivity index is 3.53. The van der Waals surface area contributed by atoms with Crippen molar-refractivity contribution in [2.75, 3.05) is 13.1 Å². The number of alkyl halides is 2. The molecular weight excluding hydrogens is 234 g/mol. The van der Waals surface area contributed by atoms with E-state index >= 15 is 0 Å². The van der Waals surface area contributed by atoms with E-state index in [9.17, 15) is 18.4 Å². The van der Waals surface area contributed by atoms with Crippen molar-refractivity contribution in [2.45, 2.75) is 39.2 Å². The number of hydrogen-bond acceptors (Lipinski definition) is 3. The second-order valence-corrected chi connectivity index (χ2v) is 4.37. The van der Waals surface area contributed by atoms with Crippen LogP contribution >= 0.6 is 0 Å². The Bertz CT molecular complexity index is 265. The minimum Gasteiger partial charge on any atom is -0.444 e. The summed E-state index contributed by atoms with van der Waals surface area (Å²) < 4.78 is 28.4. The first-order valence-electron chi connectivity index (χ1n) is 5.25. The van der Waals surface area contributed by atoms with E-state index in [0.29, 0.717) is 6.42 Å². The lowest BCUT2D eigenvalue weighted by Crippen LogP contribution is -2.35. The Morgan fingerprint density at radius 1 is 1.18 bits per heavy atom. The predicted molar refractivity (Wildman–Crippen MR) is 57.9 cm³/mol. The summed E-state index contributed by atoms with van der Waals surface area (Å²) in [6, 6.07) is 0. The monoisotopic (exact) mass is 252 g/mol. The van der Waals surface area contributed by atoms with Crippen molar-refractivity contribution < 1.29 is 23.1 Å². The van der Waals surface area contributed by atoms with Crippen LogP contribution in [0.4, 0.5) is 13.6 Å². The fraction of sp³-hybridized carbons (Fsp3) is 0.800. The molecule has 0 fully saturated rings. The average Bonchev–Trinajstić information content (AvgIpc) is 2.13. The van der Waals surface area contributed by atoms with Gasteiger partial charge in [-0.3, -0.25) is 4.79 Å². The maximum absolute atomic E-state index is 11.7. The van der Waals surface area contributed by atoms with Gasteiger partial charge in [0.2, 0.25) is 0 Å². The second-order valence-electron chi connectivity index (χ2n) is 4.37. The van der Waals surface area contributed by atoms with Gasteiger partial charge in [0.15, 0.2) is 0 Å². The molecule has 0 rings (SSSR count). The van der Waals surface area contributed by atoms with Gasteiger partial charge in [0.25, 0.3) is 5.91 Å². The summed E-state index contributed by atoms with van der Waals surface area (Å²) in [4.78, 5) is 21.6.